The molecule has 0 saturated heterocycles. The molecule has 1 atom stereocenters. The average molecular weight is 624 g/mol. The number of nitrogens with one attached hydrogen (secondary N) is 1. The Morgan fingerprint density at radius 1 is 1.04 bits per heavy atom. The molecule has 234 valence electrons. The van der Waals surface area contributed by atoms with Crippen LogP contribution < -0.4 is 40.1 Å². The van der Waals surface area contributed by atoms with Crippen LogP contribution in [0.15, 0.2) is 53.5 Å². The molecule has 2 amide bonds. The molecule has 45 heavy (non-hydrogen) atoms. The van der Waals surface area contributed by atoms with Crippen LogP contribution in [0.4, 0.5) is 4.39 Å². The first kappa shape index (κ1) is 34.9. The van der Waals surface area contributed by atoms with Crippen LogP contribution >= 0.6 is 0 Å². The van der Waals surface area contributed by atoms with Crippen LogP contribution in [0.1, 0.15) is 113 Å². The number of tetrazole rings is 1. The van der Waals surface area contributed by atoms with Gasteiger partial charge in [-0.05, 0) is 97.2 Å². The standard InChI is InChI=1S/C34H44FN7O2.Na/c1-32(2,3)18-17-27(22-7-9-24(10-8-22)30(43)36-21-28-38-40-41-39-28)42-31(44)29(23-11-13-26(35)14-12-23)37-34(42)19-15-25(16-20-34)33(4,5)6;/h7-14,25,27H,15-21H2,1-6H3,(H2,36,38,39,40,41,43);/q;+1/p-1/t25?,27-,34?;/m1./s1. The minimum absolute atomic E-state index is 0. The second kappa shape index (κ2) is 13.8. The van der Waals surface area contributed by atoms with Crippen molar-refractivity contribution in [3.63, 3.8) is 0 Å². The van der Waals surface area contributed by atoms with Gasteiger partial charge in [-0.2, -0.15) is 0 Å². The van der Waals surface area contributed by atoms with Gasteiger partial charge in [-0.3, -0.25) is 25.0 Å². The Morgan fingerprint density at radius 2 is 1.69 bits per heavy atom. The number of aromatic nitrogens is 4. The van der Waals surface area contributed by atoms with Gasteiger partial charge in [-0.1, -0.05) is 53.7 Å². The van der Waals surface area contributed by atoms with E-state index in [1.165, 1.54) is 12.1 Å². The average Bonchev–Trinajstić information content (AvgIpc) is 3.59. The Balaban J connectivity index is 0.00000461. The summed E-state index contributed by atoms with van der Waals surface area (Å²) in [5, 5.41) is 17.2. The molecule has 1 aromatic heterocycles. The molecule has 2 aliphatic rings. The maximum Gasteiger partial charge on any atom is 1.00 e. The van der Waals surface area contributed by atoms with E-state index in [4.69, 9.17) is 4.99 Å². The minimum Gasteiger partial charge on any atom is -0.347 e. The SMILES string of the molecule is CC(C)(C)CC[C@H](c1ccc(C(=O)NCc2nn[n-]n2)cc1)N1C(=O)C(c2ccc(F)cc2)=NC12CCC(C(C)(C)C)CC2.[Na+]. The van der Waals surface area contributed by atoms with Gasteiger partial charge in [0, 0.05) is 11.1 Å². The molecule has 1 aliphatic heterocycles. The first-order valence-corrected chi connectivity index (χ1v) is 15.5. The number of hydrogen-bond acceptors (Lipinski definition) is 6. The van der Waals surface area contributed by atoms with E-state index in [2.05, 4.69) is 67.5 Å². The van der Waals surface area contributed by atoms with Gasteiger partial charge in [0.1, 0.15) is 17.2 Å². The number of hydrogen-bond donors (Lipinski definition) is 1. The second-order valence-electron chi connectivity index (χ2n) is 14.5. The van der Waals surface area contributed by atoms with E-state index in [0.717, 1.165) is 44.1 Å². The predicted molar refractivity (Wildman–Crippen MR) is 166 cm³/mol. The smallest absolute Gasteiger partial charge is 0.347 e. The van der Waals surface area contributed by atoms with Crippen molar-refractivity contribution in [3.8, 4) is 0 Å². The van der Waals surface area contributed by atoms with E-state index in [1.807, 2.05) is 17.0 Å². The molecule has 2 aromatic carbocycles. The van der Waals surface area contributed by atoms with Crippen LogP contribution in [0.2, 0.25) is 0 Å². The number of nitrogens with zero attached hydrogens (tertiary/aromatic N) is 6. The van der Waals surface area contributed by atoms with Crippen molar-refractivity contribution in [3.05, 3.63) is 76.9 Å². The molecule has 9 nitrogen and oxygen atoms in total. The van der Waals surface area contributed by atoms with Crippen molar-refractivity contribution >= 4 is 17.5 Å². The van der Waals surface area contributed by atoms with Crippen molar-refractivity contribution < 1.29 is 43.5 Å². The molecule has 1 N–H and O–H groups in total. The van der Waals surface area contributed by atoms with Crippen LogP contribution in [-0.2, 0) is 11.3 Å². The number of aliphatic imine (C=N–C) groups is 1. The minimum atomic E-state index is -0.678. The summed E-state index contributed by atoms with van der Waals surface area (Å²) in [4.78, 5) is 34.6. The largest absolute Gasteiger partial charge is 1.00 e. The topological polar surface area (TPSA) is 115 Å². The normalized spacial score (nSPS) is 21.0. The maximum atomic E-state index is 14.5. The molecule has 3 aromatic rings. The molecule has 1 spiro atoms. The van der Waals surface area contributed by atoms with Crippen LogP contribution in [0.25, 0.3) is 0 Å². The Hall–Kier alpha value is -2.95. The zero-order valence-corrected chi connectivity index (χ0v) is 29.6. The van der Waals surface area contributed by atoms with Gasteiger partial charge in [0.05, 0.1) is 18.4 Å². The molecule has 0 bridgehead atoms. The molecule has 11 heteroatoms. The monoisotopic (exact) mass is 623 g/mol. The van der Waals surface area contributed by atoms with Crippen molar-refractivity contribution in [1.29, 1.82) is 0 Å². The summed E-state index contributed by atoms with van der Waals surface area (Å²) in [6, 6.07) is 13.3. The Bertz CT molecular complexity index is 1490. The molecule has 0 unspecified atom stereocenters. The summed E-state index contributed by atoms with van der Waals surface area (Å²) in [5.74, 6) is 0.145. The van der Waals surface area contributed by atoms with Gasteiger partial charge < -0.3 is 15.3 Å². The maximum absolute atomic E-state index is 14.5. The summed E-state index contributed by atoms with van der Waals surface area (Å²) in [5.41, 5.74) is 2.02. The number of carbonyl (C=O) groups is 2. The number of carbonyl (C=O) groups excluding carboxylic acids is 2. The van der Waals surface area contributed by atoms with Crippen molar-refractivity contribution in [2.75, 3.05) is 0 Å². The van der Waals surface area contributed by atoms with Gasteiger partial charge in [0.25, 0.3) is 11.8 Å². The van der Waals surface area contributed by atoms with E-state index >= 15 is 0 Å². The third-order valence-corrected chi connectivity index (χ3v) is 9.12. The first-order valence-electron chi connectivity index (χ1n) is 15.5. The summed E-state index contributed by atoms with van der Waals surface area (Å²) < 4.78 is 13.8. The van der Waals surface area contributed by atoms with Gasteiger partial charge in [0.15, 0.2) is 0 Å². The summed E-state index contributed by atoms with van der Waals surface area (Å²) in [6.45, 7) is 13.6. The van der Waals surface area contributed by atoms with Crippen LogP contribution in [-0.4, -0.2) is 43.5 Å². The number of halogens is 1. The van der Waals surface area contributed by atoms with E-state index in [-0.39, 0.29) is 70.6 Å². The first-order chi connectivity index (χ1) is 20.8. The molecule has 5 rings (SSSR count). The molecule has 2 heterocycles. The molecule has 0 radical (unpaired) electrons. The fourth-order valence-corrected chi connectivity index (χ4v) is 6.51. The number of amides is 2. The van der Waals surface area contributed by atoms with Crippen molar-refractivity contribution in [2.24, 2.45) is 21.7 Å². The van der Waals surface area contributed by atoms with Crippen LogP contribution in [0.3, 0.4) is 0 Å². The Kier molecular flexibility index (Phi) is 10.7. The quantitative estimate of drug-likeness (QED) is 0.386. The molecule has 1 aliphatic carbocycles. The number of benzene rings is 2. The molecule has 1 fully saturated rings. The predicted octanol–water partition coefficient (Wildman–Crippen LogP) is 3.03. The van der Waals surface area contributed by atoms with Gasteiger partial charge in [0.2, 0.25) is 0 Å². The zero-order chi connectivity index (χ0) is 31.7. The van der Waals surface area contributed by atoms with Gasteiger partial charge >= 0.3 is 29.6 Å². The van der Waals surface area contributed by atoms with Crippen LogP contribution in [0, 0.1) is 22.6 Å². The molecular weight excluding hydrogens is 580 g/mol. The third kappa shape index (κ3) is 8.07. The van der Waals surface area contributed by atoms with Crippen molar-refractivity contribution in [2.45, 2.75) is 98.3 Å². The summed E-state index contributed by atoms with van der Waals surface area (Å²) >= 11 is 0. The van der Waals surface area contributed by atoms with Gasteiger partial charge in [-0.25, -0.2) is 9.49 Å². The van der Waals surface area contributed by atoms with E-state index in [9.17, 15) is 14.0 Å². The third-order valence-electron chi connectivity index (χ3n) is 9.12. The molecule has 1 saturated carbocycles. The summed E-state index contributed by atoms with van der Waals surface area (Å²) in [6.07, 6.45) is 5.11. The second-order valence-corrected chi connectivity index (χ2v) is 14.5. The number of rotatable bonds is 8. The van der Waals surface area contributed by atoms with Crippen LogP contribution in [0.5, 0.6) is 0 Å². The molecular formula is C34H43FN7NaO2. The Morgan fingerprint density at radius 3 is 2.24 bits per heavy atom. The summed E-state index contributed by atoms with van der Waals surface area (Å²) in [7, 11) is 0. The van der Waals surface area contributed by atoms with E-state index < -0.39 is 5.66 Å². The van der Waals surface area contributed by atoms with Crippen molar-refractivity contribution in [1.82, 2.24) is 30.8 Å². The fourth-order valence-electron chi connectivity index (χ4n) is 6.51. The Labute approximate surface area is 287 Å². The fraction of sp³-hybridized carbons (Fsp3) is 0.529. The van der Waals surface area contributed by atoms with E-state index in [1.54, 1.807) is 24.3 Å². The van der Waals surface area contributed by atoms with E-state index in [0.29, 0.717) is 28.6 Å². The van der Waals surface area contributed by atoms with Gasteiger partial charge in [-0.15, -0.1) is 0 Å². The zero-order valence-electron chi connectivity index (χ0n) is 27.6.